The zero-order valence-corrected chi connectivity index (χ0v) is 18.8. The minimum Gasteiger partial charge on any atom is -0.465 e. The molecule has 0 radical (unpaired) electrons. The average Bonchev–Trinajstić information content (AvgIpc) is 3.18. The Morgan fingerprint density at radius 2 is 1.72 bits per heavy atom. The summed E-state index contributed by atoms with van der Waals surface area (Å²) in [7, 11) is 3.69. The second-order valence-electron chi connectivity index (χ2n) is 8.05. The topological polar surface area (TPSA) is 32.8 Å². The van der Waals surface area contributed by atoms with Crippen LogP contribution < -0.4 is 0 Å². The molecule has 2 fully saturated rings. The third kappa shape index (κ3) is 4.77. The summed E-state index contributed by atoms with van der Waals surface area (Å²) in [5.74, 6) is 1.14. The summed E-state index contributed by atoms with van der Waals surface area (Å²) in [6.07, 6.45) is 0. The fraction of sp³-hybridized carbons (Fsp3) is 0.435. The van der Waals surface area contributed by atoms with Gasteiger partial charge >= 0.3 is 5.97 Å². The van der Waals surface area contributed by atoms with Crippen molar-refractivity contribution in [1.82, 2.24) is 9.80 Å². The number of fused-ring (bicyclic) bond motifs is 1. The molecule has 0 spiro atoms. The third-order valence-corrected chi connectivity index (χ3v) is 6.26. The van der Waals surface area contributed by atoms with Gasteiger partial charge in [-0.25, -0.2) is 4.79 Å². The highest BCUT2D eigenvalue weighted by Gasteiger charge is 2.46. The Balaban J connectivity index is 0.00000150. The Labute approximate surface area is 186 Å². The van der Waals surface area contributed by atoms with Gasteiger partial charge in [-0.3, -0.25) is 9.80 Å². The monoisotopic (exact) mass is 436 g/mol. The lowest BCUT2D eigenvalue weighted by molar-refractivity contribution is 0.0600. The van der Waals surface area contributed by atoms with E-state index in [2.05, 4.69) is 48.0 Å². The minimum atomic E-state index is -0.277. The second kappa shape index (κ2) is 9.94. The van der Waals surface area contributed by atoms with Crippen molar-refractivity contribution >= 4 is 30.8 Å². The fourth-order valence-electron chi connectivity index (χ4n) is 4.99. The molecule has 0 amide bonds. The number of ether oxygens (including phenoxy) is 1. The van der Waals surface area contributed by atoms with Crippen LogP contribution in [0, 0.1) is 18.8 Å². The summed E-state index contributed by atoms with van der Waals surface area (Å²) < 4.78 is 4.78. The van der Waals surface area contributed by atoms with Gasteiger partial charge < -0.3 is 4.74 Å². The zero-order valence-electron chi connectivity index (χ0n) is 17.2. The van der Waals surface area contributed by atoms with Crippen molar-refractivity contribution in [3.05, 3.63) is 70.8 Å². The molecule has 0 saturated carbocycles. The number of likely N-dealkylation sites (tertiary alicyclic amines) is 2. The van der Waals surface area contributed by atoms with Crippen LogP contribution in [-0.4, -0.2) is 49.6 Å². The van der Waals surface area contributed by atoms with Crippen LogP contribution in [0.1, 0.15) is 33.1 Å². The normalized spacial score (nSPS) is 23.8. The Hall–Kier alpha value is -1.59. The van der Waals surface area contributed by atoms with Gasteiger partial charge in [-0.2, -0.15) is 0 Å². The fourth-order valence-corrected chi connectivity index (χ4v) is 4.99. The van der Waals surface area contributed by atoms with Crippen LogP contribution in [0.3, 0.4) is 0 Å². The third-order valence-electron chi connectivity index (χ3n) is 6.26. The van der Waals surface area contributed by atoms with E-state index in [0.717, 1.165) is 25.6 Å². The van der Waals surface area contributed by atoms with Crippen molar-refractivity contribution in [3.63, 3.8) is 0 Å². The van der Waals surface area contributed by atoms with Gasteiger partial charge in [-0.05, 0) is 54.6 Å². The Morgan fingerprint density at radius 1 is 1.03 bits per heavy atom. The molecule has 2 aromatic rings. The van der Waals surface area contributed by atoms with Gasteiger partial charge in [0.15, 0.2) is 0 Å². The number of hydrogen-bond acceptors (Lipinski definition) is 4. The van der Waals surface area contributed by atoms with E-state index >= 15 is 0 Å². The molecule has 29 heavy (non-hydrogen) atoms. The predicted molar refractivity (Wildman–Crippen MR) is 121 cm³/mol. The van der Waals surface area contributed by atoms with E-state index < -0.39 is 0 Å². The van der Waals surface area contributed by atoms with Gasteiger partial charge in [-0.15, -0.1) is 24.8 Å². The van der Waals surface area contributed by atoms with Crippen LogP contribution in [0.5, 0.6) is 0 Å². The average molecular weight is 437 g/mol. The second-order valence-corrected chi connectivity index (χ2v) is 8.05. The number of aryl methyl sites for hydroxylation is 1. The van der Waals surface area contributed by atoms with Gasteiger partial charge in [0, 0.05) is 32.2 Å². The first kappa shape index (κ1) is 23.7. The van der Waals surface area contributed by atoms with Gasteiger partial charge in [-0.1, -0.05) is 36.4 Å². The van der Waals surface area contributed by atoms with Crippen LogP contribution in [0.2, 0.25) is 0 Å². The highest BCUT2D eigenvalue weighted by atomic mass is 35.5. The van der Waals surface area contributed by atoms with Crippen molar-refractivity contribution in [3.8, 4) is 0 Å². The zero-order chi connectivity index (χ0) is 19.0. The lowest BCUT2D eigenvalue weighted by Crippen LogP contribution is -2.29. The first-order valence-electron chi connectivity index (χ1n) is 9.72. The van der Waals surface area contributed by atoms with Crippen molar-refractivity contribution in [2.75, 3.05) is 33.8 Å². The Bertz CT molecular complexity index is 828. The number of rotatable bonds is 4. The summed E-state index contributed by atoms with van der Waals surface area (Å²) in [5, 5.41) is 0. The summed E-state index contributed by atoms with van der Waals surface area (Å²) in [5.41, 5.74) is 4.74. The summed E-state index contributed by atoms with van der Waals surface area (Å²) in [6, 6.07) is 17.2. The van der Waals surface area contributed by atoms with E-state index in [0.29, 0.717) is 17.5 Å². The molecule has 4 rings (SSSR count). The molecule has 158 valence electrons. The van der Waals surface area contributed by atoms with Crippen LogP contribution in [0.25, 0.3) is 0 Å². The van der Waals surface area contributed by atoms with Crippen molar-refractivity contribution < 1.29 is 9.53 Å². The van der Waals surface area contributed by atoms with Crippen molar-refractivity contribution in [2.45, 2.75) is 19.5 Å². The van der Waals surface area contributed by atoms with E-state index in [9.17, 15) is 4.79 Å². The van der Waals surface area contributed by atoms with Gasteiger partial charge in [0.25, 0.3) is 0 Å². The molecule has 4 nitrogen and oxygen atoms in total. The van der Waals surface area contributed by atoms with Gasteiger partial charge in [0.1, 0.15) is 0 Å². The number of benzene rings is 2. The largest absolute Gasteiger partial charge is 0.465 e. The summed E-state index contributed by atoms with van der Waals surface area (Å²) in [4.78, 5) is 16.7. The maximum atomic E-state index is 11.6. The molecule has 3 atom stereocenters. The number of carbonyl (C=O) groups excluding carboxylic acids is 1. The molecule has 2 heterocycles. The number of methoxy groups -OCH3 is 1. The number of nitrogens with zero attached hydrogens (tertiary/aromatic N) is 2. The predicted octanol–water partition coefficient (Wildman–Crippen LogP) is 4.36. The molecule has 2 saturated heterocycles. The van der Waals surface area contributed by atoms with Crippen LogP contribution in [0.4, 0.5) is 0 Å². The Kier molecular flexibility index (Phi) is 8.12. The van der Waals surface area contributed by atoms with E-state index in [1.165, 1.54) is 30.3 Å². The SMILES string of the molecule is COC(=O)c1ccc(CN2C[C@@H]3CN(C)[C@H](c4ccccc4C)[C@@H]3C2)cc1.Cl.Cl. The highest BCUT2D eigenvalue weighted by molar-refractivity contribution is 5.89. The summed E-state index contributed by atoms with van der Waals surface area (Å²) in [6.45, 7) is 6.62. The summed E-state index contributed by atoms with van der Waals surface area (Å²) >= 11 is 0. The van der Waals surface area contributed by atoms with E-state index in [1.54, 1.807) is 0 Å². The molecule has 2 aliphatic rings. The van der Waals surface area contributed by atoms with Crippen LogP contribution in [0.15, 0.2) is 48.5 Å². The lowest BCUT2D eigenvalue weighted by atomic mass is 9.88. The maximum Gasteiger partial charge on any atom is 0.337 e. The molecule has 0 aromatic heterocycles. The van der Waals surface area contributed by atoms with Crippen molar-refractivity contribution in [2.24, 2.45) is 11.8 Å². The molecular formula is C23H30Cl2N2O2. The molecular weight excluding hydrogens is 407 g/mol. The molecule has 0 aliphatic carbocycles. The Morgan fingerprint density at radius 3 is 2.38 bits per heavy atom. The number of esters is 1. The van der Waals surface area contributed by atoms with E-state index in [1.807, 2.05) is 24.3 Å². The van der Waals surface area contributed by atoms with Crippen molar-refractivity contribution in [1.29, 1.82) is 0 Å². The maximum absolute atomic E-state index is 11.6. The standard InChI is InChI=1S/C23H28N2O2.2ClH/c1-16-6-4-5-7-20(16)22-21-15-25(14-19(21)13-24(22)2)12-17-8-10-18(11-9-17)23(26)27-3;;/h4-11,19,21-22H,12-15H2,1-3H3;2*1H/t19-,21+,22+;;/m0../s1. The molecule has 2 aromatic carbocycles. The quantitative estimate of drug-likeness (QED) is 0.666. The first-order chi connectivity index (χ1) is 13.1. The van der Waals surface area contributed by atoms with Crippen LogP contribution in [-0.2, 0) is 11.3 Å². The molecule has 0 N–H and O–H groups in total. The van der Waals surface area contributed by atoms with E-state index in [4.69, 9.17) is 4.74 Å². The molecule has 6 heteroatoms. The smallest absolute Gasteiger partial charge is 0.337 e. The van der Waals surface area contributed by atoms with Gasteiger partial charge in [0.2, 0.25) is 0 Å². The molecule has 0 unspecified atom stereocenters. The van der Waals surface area contributed by atoms with Crippen LogP contribution >= 0.6 is 24.8 Å². The van der Waals surface area contributed by atoms with Gasteiger partial charge in [0.05, 0.1) is 12.7 Å². The number of halogens is 2. The number of carbonyl (C=O) groups is 1. The lowest BCUT2D eigenvalue weighted by Gasteiger charge is -2.28. The first-order valence-corrected chi connectivity index (χ1v) is 9.72. The number of hydrogen-bond donors (Lipinski definition) is 0. The minimum absolute atomic E-state index is 0. The molecule has 0 bridgehead atoms. The molecule has 2 aliphatic heterocycles. The highest BCUT2D eigenvalue weighted by Crippen LogP contribution is 2.45. The van der Waals surface area contributed by atoms with E-state index in [-0.39, 0.29) is 30.8 Å².